The summed E-state index contributed by atoms with van der Waals surface area (Å²) < 4.78 is 8.09. The van der Waals surface area contributed by atoms with Crippen molar-refractivity contribution in [2.45, 2.75) is 70.1 Å². The molecule has 214 valence electrons. The van der Waals surface area contributed by atoms with Crippen molar-refractivity contribution in [1.82, 2.24) is 0 Å². The fraction of sp³-hybridized carbons (Fsp3) is 0.293. The SMILES string of the molecule is C[C](C)=[Hf]([CH3])([CH3])([CH]1C=Cc2c(-c3ccc(C(C)C)cc3)cccc21)[CH]1C=Cc2c(-c3ccc(C(C)C)cc3)cccc21. The molecule has 0 fully saturated rings. The van der Waals surface area contributed by atoms with Crippen LogP contribution >= 0.6 is 0 Å². The van der Waals surface area contributed by atoms with Gasteiger partial charge in [-0.2, -0.15) is 0 Å². The average molecular weight is 717 g/mol. The molecular formula is C41H46Hf. The molecule has 0 spiro atoms. The fourth-order valence-corrected chi connectivity index (χ4v) is 27.1. The van der Waals surface area contributed by atoms with E-state index in [2.05, 4.69) is 160 Å². The molecule has 0 radical (unpaired) electrons. The van der Waals surface area contributed by atoms with Gasteiger partial charge in [0.05, 0.1) is 0 Å². The van der Waals surface area contributed by atoms with E-state index in [-0.39, 0.29) is 0 Å². The molecule has 2 atom stereocenters. The Morgan fingerprint density at radius 2 is 0.929 bits per heavy atom. The van der Waals surface area contributed by atoms with Crippen LogP contribution in [0.2, 0.25) is 9.36 Å². The Bertz CT molecular complexity index is 1660. The Balaban J connectivity index is 1.44. The van der Waals surface area contributed by atoms with E-state index in [1.54, 1.807) is 3.26 Å². The van der Waals surface area contributed by atoms with Gasteiger partial charge in [0.25, 0.3) is 0 Å². The van der Waals surface area contributed by atoms with Crippen LogP contribution in [0.1, 0.15) is 94.1 Å². The van der Waals surface area contributed by atoms with Gasteiger partial charge in [0.15, 0.2) is 0 Å². The van der Waals surface area contributed by atoms with Gasteiger partial charge in [0.1, 0.15) is 0 Å². The minimum absolute atomic E-state index is 0.478. The summed E-state index contributed by atoms with van der Waals surface area (Å²) in [5.74, 6) is 1.09. The minimum atomic E-state index is -3.88. The molecule has 4 aromatic carbocycles. The molecule has 0 amide bonds. The molecule has 0 saturated heterocycles. The second-order valence-electron chi connectivity index (χ2n) is 14.5. The average Bonchev–Trinajstić information content (AvgIpc) is 3.63. The molecule has 0 nitrogen and oxygen atoms in total. The standard InChI is InChI=1S/2C18H17.C3H6.2CH3.Hf/c2*1-13(2)14-9-11-16(12-10-14)18-8-4-6-15-5-3-7-17(15)18;1-3-2;;;/h2*3-13H,1-2H3;1-2H3;2*1H3;. The molecule has 0 saturated carbocycles. The van der Waals surface area contributed by atoms with Crippen molar-refractivity contribution in [3.8, 4) is 22.3 Å². The van der Waals surface area contributed by atoms with Gasteiger partial charge in [-0.3, -0.25) is 0 Å². The first-order valence-corrected chi connectivity index (χ1v) is 29.0. The number of fused-ring (bicyclic) bond motifs is 2. The van der Waals surface area contributed by atoms with Crippen LogP contribution in [0.25, 0.3) is 34.4 Å². The van der Waals surface area contributed by atoms with E-state index in [0.717, 1.165) is 0 Å². The first-order valence-electron chi connectivity index (χ1n) is 15.8. The topological polar surface area (TPSA) is 0 Å². The monoisotopic (exact) mass is 718 g/mol. The molecule has 4 aromatic rings. The second-order valence-corrected chi connectivity index (χ2v) is 41.3. The third-order valence-electron chi connectivity index (χ3n) is 11.1. The quantitative estimate of drug-likeness (QED) is 0.174. The van der Waals surface area contributed by atoms with Gasteiger partial charge in [0.2, 0.25) is 0 Å². The summed E-state index contributed by atoms with van der Waals surface area (Å²) in [4.78, 5) is 0. The molecule has 0 heterocycles. The summed E-state index contributed by atoms with van der Waals surface area (Å²) >= 11 is -3.88. The molecule has 6 rings (SSSR count). The zero-order chi connectivity index (χ0) is 29.8. The number of benzene rings is 4. The Morgan fingerprint density at radius 3 is 1.26 bits per heavy atom. The Kier molecular flexibility index (Phi) is 7.42. The third kappa shape index (κ3) is 4.55. The second kappa shape index (κ2) is 10.7. The molecule has 0 aromatic heterocycles. The van der Waals surface area contributed by atoms with Gasteiger partial charge in [-0.1, -0.05) is 0 Å². The fourth-order valence-electron chi connectivity index (χ4n) is 7.64. The van der Waals surface area contributed by atoms with E-state index in [9.17, 15) is 0 Å². The van der Waals surface area contributed by atoms with Crippen LogP contribution in [0.15, 0.2) is 97.1 Å². The van der Waals surface area contributed by atoms with Crippen LogP contribution in [-0.4, -0.2) is 3.26 Å². The maximum atomic E-state index is 2.73. The molecule has 0 aliphatic heterocycles. The van der Waals surface area contributed by atoms with Crippen LogP contribution in [-0.2, 0) is 18.0 Å². The molecule has 1 heteroatoms. The van der Waals surface area contributed by atoms with Gasteiger partial charge in [-0.15, -0.1) is 0 Å². The van der Waals surface area contributed by atoms with Crippen LogP contribution in [0.4, 0.5) is 0 Å². The predicted octanol–water partition coefficient (Wildman–Crippen LogP) is 12.1. The summed E-state index contributed by atoms with van der Waals surface area (Å²) in [6.07, 6.45) is 10.1. The van der Waals surface area contributed by atoms with E-state index in [1.165, 1.54) is 55.6 Å². The van der Waals surface area contributed by atoms with Gasteiger partial charge in [0, 0.05) is 0 Å². The van der Waals surface area contributed by atoms with Crippen molar-refractivity contribution in [2.24, 2.45) is 0 Å². The summed E-state index contributed by atoms with van der Waals surface area (Å²) in [5.41, 5.74) is 14.1. The van der Waals surface area contributed by atoms with E-state index in [4.69, 9.17) is 0 Å². The van der Waals surface area contributed by atoms with Crippen LogP contribution < -0.4 is 0 Å². The summed E-state index contributed by atoms with van der Waals surface area (Å²) in [6.45, 7) is 13.9. The first-order chi connectivity index (χ1) is 20.0. The van der Waals surface area contributed by atoms with Crippen molar-refractivity contribution in [2.75, 3.05) is 0 Å². The number of hydrogen-bond donors (Lipinski definition) is 0. The Labute approximate surface area is 254 Å². The van der Waals surface area contributed by atoms with Gasteiger partial charge in [-0.05, 0) is 0 Å². The van der Waals surface area contributed by atoms with E-state index < -0.39 is 18.0 Å². The van der Waals surface area contributed by atoms with Gasteiger partial charge >= 0.3 is 256 Å². The summed E-state index contributed by atoms with van der Waals surface area (Å²) in [5, 5.41) is 0. The molecule has 2 aliphatic carbocycles. The van der Waals surface area contributed by atoms with Gasteiger partial charge in [-0.25, -0.2) is 0 Å². The normalized spacial score (nSPS) is 17.7. The number of allylic oxidation sites excluding steroid dienone is 2. The van der Waals surface area contributed by atoms with E-state index in [1.807, 2.05) is 0 Å². The Morgan fingerprint density at radius 1 is 0.548 bits per heavy atom. The first kappa shape index (κ1) is 29.2. The van der Waals surface area contributed by atoms with Crippen LogP contribution in [0.5, 0.6) is 0 Å². The summed E-state index contributed by atoms with van der Waals surface area (Å²) in [6, 6.07) is 32.6. The maximum absolute atomic E-state index is 3.88. The molecule has 0 bridgehead atoms. The molecule has 42 heavy (non-hydrogen) atoms. The number of rotatable bonds is 6. The van der Waals surface area contributed by atoms with Crippen molar-refractivity contribution in [3.05, 3.63) is 130 Å². The Hall–Kier alpha value is -2.90. The van der Waals surface area contributed by atoms with Crippen LogP contribution in [0.3, 0.4) is 0 Å². The summed E-state index contributed by atoms with van der Waals surface area (Å²) in [7, 11) is 0. The zero-order valence-electron chi connectivity index (χ0n) is 26.7. The molecule has 2 aliphatic rings. The molecule has 2 unspecified atom stereocenters. The zero-order valence-corrected chi connectivity index (χ0v) is 30.3. The predicted molar refractivity (Wildman–Crippen MR) is 184 cm³/mol. The van der Waals surface area contributed by atoms with Crippen molar-refractivity contribution >= 4 is 15.4 Å². The van der Waals surface area contributed by atoms with Crippen molar-refractivity contribution in [3.63, 3.8) is 0 Å². The van der Waals surface area contributed by atoms with Crippen molar-refractivity contribution in [1.29, 1.82) is 0 Å². The van der Waals surface area contributed by atoms with E-state index in [0.29, 0.717) is 19.2 Å². The molecular weight excluding hydrogens is 671 g/mol. The van der Waals surface area contributed by atoms with E-state index >= 15 is 0 Å². The molecule has 0 N–H and O–H groups in total. The van der Waals surface area contributed by atoms with Crippen molar-refractivity contribution < 1.29 is 18.0 Å². The third-order valence-corrected chi connectivity index (χ3v) is 39.8. The van der Waals surface area contributed by atoms with Gasteiger partial charge < -0.3 is 0 Å². The van der Waals surface area contributed by atoms with Crippen LogP contribution in [0, 0.1) is 0 Å². The number of hydrogen-bond acceptors (Lipinski definition) is 0.